The zero-order chi connectivity index (χ0) is 19.7. The summed E-state index contributed by atoms with van der Waals surface area (Å²) in [4.78, 5) is 0. The van der Waals surface area contributed by atoms with Crippen LogP contribution in [0.1, 0.15) is 0 Å². The van der Waals surface area contributed by atoms with Gasteiger partial charge in [-0.05, 0) is 0 Å². The van der Waals surface area contributed by atoms with Gasteiger partial charge in [0.1, 0.15) is 28.7 Å². The minimum absolute atomic E-state index is 0.0703. The highest BCUT2D eigenvalue weighted by atomic mass is 16.5. The van der Waals surface area contributed by atoms with Crippen LogP contribution in [0.4, 0.5) is 0 Å². The maximum Gasteiger partial charge on any atom is 0.210 e. The van der Waals surface area contributed by atoms with Crippen molar-refractivity contribution in [3.63, 3.8) is 0 Å². The summed E-state index contributed by atoms with van der Waals surface area (Å²) in [6, 6.07) is 7.31. The lowest BCUT2D eigenvalue weighted by molar-refractivity contribution is 0.358. The van der Waals surface area contributed by atoms with Crippen molar-refractivity contribution in [3.8, 4) is 63.2 Å². The molecule has 0 aliphatic carbocycles. The lowest BCUT2D eigenvalue weighted by Crippen LogP contribution is -1.90. The molecule has 3 aromatic carbocycles. The van der Waals surface area contributed by atoms with Gasteiger partial charge in [-0.15, -0.1) is 0 Å². The van der Waals surface area contributed by atoms with E-state index in [9.17, 15) is 35.7 Å². The molecule has 0 saturated carbocycles. The summed E-state index contributed by atoms with van der Waals surface area (Å²) in [6.45, 7) is 0. The van der Waals surface area contributed by atoms with Gasteiger partial charge in [0.15, 0.2) is 23.0 Å². The van der Waals surface area contributed by atoms with Crippen LogP contribution in [0.15, 0.2) is 42.5 Å². The molecule has 27 heavy (non-hydrogen) atoms. The molecular formula is C18H14O9. The van der Waals surface area contributed by atoms with Crippen molar-refractivity contribution in [1.82, 2.24) is 0 Å². The molecule has 0 aliphatic heterocycles. The van der Waals surface area contributed by atoms with Gasteiger partial charge >= 0.3 is 0 Å². The quantitative estimate of drug-likeness (QED) is 0.364. The molecule has 0 atom stereocenters. The van der Waals surface area contributed by atoms with E-state index in [1.165, 1.54) is 6.07 Å². The highest BCUT2D eigenvalue weighted by Gasteiger charge is 2.16. The third kappa shape index (κ3) is 3.76. The van der Waals surface area contributed by atoms with E-state index >= 15 is 0 Å². The van der Waals surface area contributed by atoms with Crippen LogP contribution in [0.5, 0.6) is 63.2 Å². The Balaban J connectivity index is 1.94. The molecule has 0 spiro atoms. The van der Waals surface area contributed by atoms with Crippen molar-refractivity contribution in [2.24, 2.45) is 0 Å². The van der Waals surface area contributed by atoms with Crippen molar-refractivity contribution in [1.29, 1.82) is 0 Å². The van der Waals surface area contributed by atoms with Gasteiger partial charge in [-0.1, -0.05) is 0 Å². The Bertz CT molecular complexity index is 890. The fraction of sp³-hybridized carbons (Fsp3) is 0. The molecule has 0 amide bonds. The summed E-state index contributed by atoms with van der Waals surface area (Å²) in [5.74, 6) is -4.17. The summed E-state index contributed by atoms with van der Waals surface area (Å²) < 4.78 is 10.6. The van der Waals surface area contributed by atoms with Gasteiger partial charge in [-0.3, -0.25) is 0 Å². The number of hydrogen-bond donors (Lipinski definition) is 7. The van der Waals surface area contributed by atoms with Gasteiger partial charge in [0, 0.05) is 42.5 Å². The van der Waals surface area contributed by atoms with Gasteiger partial charge in [0.05, 0.1) is 0 Å². The molecule has 7 N–H and O–H groups in total. The molecular weight excluding hydrogens is 360 g/mol. The van der Waals surface area contributed by atoms with E-state index in [4.69, 9.17) is 9.47 Å². The Morgan fingerprint density at radius 2 is 0.704 bits per heavy atom. The average molecular weight is 374 g/mol. The third-order valence-electron chi connectivity index (χ3n) is 3.37. The Morgan fingerprint density at radius 1 is 0.407 bits per heavy atom. The minimum atomic E-state index is -0.549. The van der Waals surface area contributed by atoms with E-state index in [-0.39, 0.29) is 40.2 Å². The van der Waals surface area contributed by atoms with Crippen molar-refractivity contribution < 1.29 is 45.2 Å². The standard InChI is InChI=1S/C18H14O9/c19-8-1-11(26-17-13(22)3-9(20)4-14(17)23)7-12(2-8)27-18-15(24)5-10(21)6-16(18)25/h1-7,19-25H. The Labute approximate surface area is 151 Å². The fourth-order valence-electron chi connectivity index (χ4n) is 2.29. The molecule has 0 fully saturated rings. The number of phenolic OH excluding ortho intramolecular Hbond substituents is 7. The summed E-state index contributed by atoms with van der Waals surface area (Å²) in [7, 11) is 0. The molecule has 9 heteroatoms. The largest absolute Gasteiger partial charge is 0.508 e. The maximum absolute atomic E-state index is 9.83. The molecule has 0 bridgehead atoms. The number of hydrogen-bond acceptors (Lipinski definition) is 9. The van der Waals surface area contributed by atoms with Crippen LogP contribution in [-0.2, 0) is 0 Å². The number of ether oxygens (including phenoxy) is 2. The molecule has 140 valence electrons. The van der Waals surface area contributed by atoms with Crippen molar-refractivity contribution >= 4 is 0 Å². The van der Waals surface area contributed by atoms with E-state index in [2.05, 4.69) is 0 Å². The molecule has 0 heterocycles. The average Bonchev–Trinajstić information content (AvgIpc) is 2.54. The summed E-state index contributed by atoms with van der Waals surface area (Å²) in [6.07, 6.45) is 0. The van der Waals surface area contributed by atoms with Gasteiger partial charge in [0.2, 0.25) is 11.5 Å². The predicted molar refractivity (Wildman–Crippen MR) is 91.1 cm³/mol. The summed E-state index contributed by atoms with van der Waals surface area (Å²) in [5.41, 5.74) is 0. The smallest absolute Gasteiger partial charge is 0.210 e. The summed E-state index contributed by atoms with van der Waals surface area (Å²) in [5, 5.41) is 67.6. The molecule has 3 aromatic rings. The SMILES string of the molecule is Oc1cc(Oc2c(O)cc(O)cc2O)cc(Oc2c(O)cc(O)cc2O)c1. The lowest BCUT2D eigenvalue weighted by Gasteiger charge is -2.13. The first kappa shape index (κ1) is 17.7. The molecule has 9 nitrogen and oxygen atoms in total. The van der Waals surface area contributed by atoms with Crippen LogP contribution in [-0.4, -0.2) is 35.7 Å². The number of phenols is 7. The Kier molecular flexibility index (Phi) is 4.34. The first-order valence-electron chi connectivity index (χ1n) is 7.42. The second kappa shape index (κ2) is 6.64. The Hall–Kier alpha value is -4.14. The molecule has 0 saturated heterocycles. The number of rotatable bonds is 4. The maximum atomic E-state index is 9.83. The molecule has 0 aliphatic rings. The molecule has 3 rings (SSSR count). The lowest BCUT2D eigenvalue weighted by atomic mass is 10.2. The number of aromatic hydroxyl groups is 7. The van der Waals surface area contributed by atoms with Gasteiger partial charge in [-0.25, -0.2) is 0 Å². The number of benzene rings is 3. The van der Waals surface area contributed by atoms with Crippen molar-refractivity contribution in [2.75, 3.05) is 0 Å². The van der Waals surface area contributed by atoms with Gasteiger partial charge in [-0.2, -0.15) is 0 Å². The zero-order valence-corrected chi connectivity index (χ0v) is 13.5. The van der Waals surface area contributed by atoms with Crippen LogP contribution in [0.25, 0.3) is 0 Å². The van der Waals surface area contributed by atoms with E-state index in [0.717, 1.165) is 36.4 Å². The van der Waals surface area contributed by atoms with Crippen LogP contribution < -0.4 is 9.47 Å². The van der Waals surface area contributed by atoms with Crippen molar-refractivity contribution in [2.45, 2.75) is 0 Å². The molecule has 0 unspecified atom stereocenters. The topological polar surface area (TPSA) is 160 Å². The second-order valence-corrected chi connectivity index (χ2v) is 5.49. The predicted octanol–water partition coefficient (Wildman–Crippen LogP) is 3.21. The van der Waals surface area contributed by atoms with Gasteiger partial charge < -0.3 is 45.2 Å². The fourth-order valence-corrected chi connectivity index (χ4v) is 2.29. The monoisotopic (exact) mass is 374 g/mol. The van der Waals surface area contributed by atoms with E-state index < -0.39 is 23.0 Å². The van der Waals surface area contributed by atoms with E-state index in [0.29, 0.717) is 0 Å². The van der Waals surface area contributed by atoms with Crippen LogP contribution >= 0.6 is 0 Å². The van der Waals surface area contributed by atoms with Crippen LogP contribution in [0.3, 0.4) is 0 Å². The first-order valence-corrected chi connectivity index (χ1v) is 7.42. The third-order valence-corrected chi connectivity index (χ3v) is 3.37. The first-order chi connectivity index (χ1) is 12.7. The van der Waals surface area contributed by atoms with E-state index in [1.54, 1.807) is 0 Å². The van der Waals surface area contributed by atoms with Gasteiger partial charge in [0.25, 0.3) is 0 Å². The summed E-state index contributed by atoms with van der Waals surface area (Å²) >= 11 is 0. The molecule has 0 radical (unpaired) electrons. The Morgan fingerprint density at radius 3 is 1.04 bits per heavy atom. The van der Waals surface area contributed by atoms with E-state index in [1.807, 2.05) is 0 Å². The highest BCUT2D eigenvalue weighted by molar-refractivity contribution is 5.58. The molecule has 0 aromatic heterocycles. The normalized spacial score (nSPS) is 10.5. The zero-order valence-electron chi connectivity index (χ0n) is 13.5. The highest BCUT2D eigenvalue weighted by Crippen LogP contribution is 2.45. The van der Waals surface area contributed by atoms with Crippen LogP contribution in [0, 0.1) is 0 Å². The van der Waals surface area contributed by atoms with Crippen molar-refractivity contribution in [3.05, 3.63) is 42.5 Å². The van der Waals surface area contributed by atoms with Crippen LogP contribution in [0.2, 0.25) is 0 Å². The minimum Gasteiger partial charge on any atom is -0.508 e. The second-order valence-electron chi connectivity index (χ2n) is 5.49.